The summed E-state index contributed by atoms with van der Waals surface area (Å²) >= 11 is 1.37. The highest BCUT2D eigenvalue weighted by atomic mass is 32.1. The zero-order chi connectivity index (χ0) is 25.3. The van der Waals surface area contributed by atoms with Gasteiger partial charge < -0.3 is 10.4 Å². The van der Waals surface area contributed by atoms with Gasteiger partial charge in [0.15, 0.2) is 0 Å². The Hall–Kier alpha value is -3.98. The Bertz CT molecular complexity index is 1470. The van der Waals surface area contributed by atoms with Crippen molar-refractivity contribution in [2.45, 2.75) is 27.3 Å². The van der Waals surface area contributed by atoms with Crippen LogP contribution in [0.25, 0.3) is 32.5 Å². The number of carbonyl (C=O) groups is 2. The summed E-state index contributed by atoms with van der Waals surface area (Å²) in [5, 5.41) is 16.1. The highest BCUT2D eigenvalue weighted by Gasteiger charge is 2.25. The van der Waals surface area contributed by atoms with Crippen LogP contribution >= 0.6 is 11.3 Å². The fourth-order valence-electron chi connectivity index (χ4n) is 4.08. The lowest BCUT2D eigenvalue weighted by Gasteiger charge is -2.26. The van der Waals surface area contributed by atoms with E-state index in [4.69, 9.17) is 0 Å². The highest BCUT2D eigenvalue weighted by molar-refractivity contribution is 7.13. The van der Waals surface area contributed by atoms with Crippen molar-refractivity contribution >= 4 is 45.7 Å². The SMILES string of the molecule is CC(=O)Nc1csc(-c2ccc3c(=O)n(CC(C)C)c(N(C)C(=O)O)c(-c4ccccc4)c3c2)n1. The lowest BCUT2D eigenvalue weighted by Crippen LogP contribution is -2.34. The number of fused-ring (bicyclic) bond motifs is 1. The van der Waals surface area contributed by atoms with Gasteiger partial charge in [-0.3, -0.25) is 19.1 Å². The Balaban J connectivity index is 2.07. The monoisotopic (exact) mass is 490 g/mol. The summed E-state index contributed by atoms with van der Waals surface area (Å²) in [5.41, 5.74) is 1.97. The van der Waals surface area contributed by atoms with E-state index < -0.39 is 6.09 Å². The first kappa shape index (κ1) is 24.2. The maximum absolute atomic E-state index is 13.7. The van der Waals surface area contributed by atoms with E-state index >= 15 is 0 Å². The molecule has 180 valence electrons. The van der Waals surface area contributed by atoms with Crippen molar-refractivity contribution in [3.8, 4) is 21.7 Å². The van der Waals surface area contributed by atoms with Crippen molar-refractivity contribution in [1.82, 2.24) is 9.55 Å². The van der Waals surface area contributed by atoms with E-state index in [1.807, 2.05) is 56.3 Å². The van der Waals surface area contributed by atoms with E-state index in [-0.39, 0.29) is 17.4 Å². The zero-order valence-electron chi connectivity index (χ0n) is 19.9. The molecule has 0 saturated heterocycles. The number of anilines is 2. The summed E-state index contributed by atoms with van der Waals surface area (Å²) in [4.78, 5) is 42.8. The van der Waals surface area contributed by atoms with Crippen molar-refractivity contribution in [2.24, 2.45) is 5.92 Å². The van der Waals surface area contributed by atoms with Gasteiger partial charge in [-0.05, 0) is 29.0 Å². The van der Waals surface area contributed by atoms with Gasteiger partial charge >= 0.3 is 6.09 Å². The van der Waals surface area contributed by atoms with Gasteiger partial charge in [0, 0.05) is 42.4 Å². The van der Waals surface area contributed by atoms with Crippen molar-refractivity contribution < 1.29 is 14.7 Å². The van der Waals surface area contributed by atoms with Crippen LogP contribution < -0.4 is 15.8 Å². The Morgan fingerprint density at radius 2 is 1.83 bits per heavy atom. The second-order valence-electron chi connectivity index (χ2n) is 8.70. The van der Waals surface area contributed by atoms with E-state index in [0.29, 0.717) is 39.5 Å². The smallest absolute Gasteiger partial charge is 0.412 e. The second-order valence-corrected chi connectivity index (χ2v) is 9.55. The number of hydrogen-bond donors (Lipinski definition) is 2. The van der Waals surface area contributed by atoms with Crippen LogP contribution in [0.3, 0.4) is 0 Å². The van der Waals surface area contributed by atoms with E-state index in [2.05, 4.69) is 10.3 Å². The summed E-state index contributed by atoms with van der Waals surface area (Å²) in [6.07, 6.45) is -1.16. The largest absolute Gasteiger partial charge is 0.465 e. The first-order valence-electron chi connectivity index (χ1n) is 11.1. The van der Waals surface area contributed by atoms with E-state index in [1.165, 1.54) is 25.3 Å². The number of hydrogen-bond acceptors (Lipinski definition) is 5. The quantitative estimate of drug-likeness (QED) is 0.370. The van der Waals surface area contributed by atoms with E-state index in [9.17, 15) is 19.5 Å². The highest BCUT2D eigenvalue weighted by Crippen LogP contribution is 2.38. The van der Waals surface area contributed by atoms with Crippen LogP contribution in [-0.4, -0.2) is 33.7 Å². The van der Waals surface area contributed by atoms with Gasteiger partial charge in [-0.15, -0.1) is 11.3 Å². The number of benzene rings is 2. The third-order valence-electron chi connectivity index (χ3n) is 5.51. The molecule has 9 heteroatoms. The number of nitrogens with zero attached hydrogens (tertiary/aromatic N) is 3. The molecule has 35 heavy (non-hydrogen) atoms. The minimum Gasteiger partial charge on any atom is -0.465 e. The molecule has 2 amide bonds. The molecule has 0 unspecified atom stereocenters. The lowest BCUT2D eigenvalue weighted by atomic mass is 9.97. The standard InChI is InChI=1S/C26H26N4O4S/c1-15(2)13-30-24(29(4)26(33)34)22(17-8-6-5-7-9-17)20-12-18(10-11-19(20)25(30)32)23-28-21(14-35-23)27-16(3)31/h5-12,14-15H,13H2,1-4H3,(H,27,31)(H,33,34). The maximum Gasteiger partial charge on any atom is 0.412 e. The Morgan fingerprint density at radius 1 is 1.11 bits per heavy atom. The van der Waals surface area contributed by atoms with Gasteiger partial charge in [-0.25, -0.2) is 9.78 Å². The second kappa shape index (κ2) is 9.71. The molecule has 0 atom stereocenters. The molecule has 0 fully saturated rings. The molecule has 8 nitrogen and oxygen atoms in total. The summed E-state index contributed by atoms with van der Waals surface area (Å²) in [5.74, 6) is 0.694. The Labute approximate surface area is 206 Å². The van der Waals surface area contributed by atoms with Crippen LogP contribution in [0.5, 0.6) is 0 Å². The molecule has 4 rings (SSSR count). The minimum atomic E-state index is -1.16. The number of thiazole rings is 1. The topological polar surface area (TPSA) is 105 Å². The summed E-state index contributed by atoms with van der Waals surface area (Å²) < 4.78 is 1.56. The predicted octanol–water partition coefficient (Wildman–Crippen LogP) is 5.52. The average Bonchev–Trinajstić information content (AvgIpc) is 3.28. The number of pyridine rings is 1. The van der Waals surface area contributed by atoms with Gasteiger partial charge in [0.25, 0.3) is 5.56 Å². The molecule has 0 aliphatic rings. The molecule has 2 N–H and O–H groups in total. The van der Waals surface area contributed by atoms with Gasteiger partial charge in [-0.2, -0.15) is 0 Å². The van der Waals surface area contributed by atoms with Crippen LogP contribution in [0.15, 0.2) is 58.7 Å². The van der Waals surface area contributed by atoms with Crippen LogP contribution in [-0.2, 0) is 11.3 Å². The summed E-state index contributed by atoms with van der Waals surface area (Å²) in [6.45, 7) is 5.77. The molecule has 0 saturated carbocycles. The number of amides is 2. The minimum absolute atomic E-state index is 0.122. The Morgan fingerprint density at radius 3 is 2.46 bits per heavy atom. The lowest BCUT2D eigenvalue weighted by molar-refractivity contribution is -0.114. The number of rotatable bonds is 6. The first-order chi connectivity index (χ1) is 16.7. The zero-order valence-corrected chi connectivity index (χ0v) is 20.7. The van der Waals surface area contributed by atoms with E-state index in [0.717, 1.165) is 16.0 Å². The van der Waals surface area contributed by atoms with Gasteiger partial charge in [0.2, 0.25) is 5.91 Å². The van der Waals surface area contributed by atoms with E-state index in [1.54, 1.807) is 16.0 Å². The molecule has 4 aromatic rings. The number of carbonyl (C=O) groups excluding carboxylic acids is 1. The van der Waals surface area contributed by atoms with Gasteiger partial charge in [-0.1, -0.05) is 50.2 Å². The van der Waals surface area contributed by atoms with Crippen LogP contribution in [0.4, 0.5) is 16.4 Å². The molecular formula is C26H26N4O4S. The molecular weight excluding hydrogens is 464 g/mol. The fourth-order valence-corrected chi connectivity index (χ4v) is 4.82. The van der Waals surface area contributed by atoms with Gasteiger partial charge in [0.05, 0.1) is 0 Å². The average molecular weight is 491 g/mol. The van der Waals surface area contributed by atoms with Crippen LogP contribution in [0.2, 0.25) is 0 Å². The van der Waals surface area contributed by atoms with Gasteiger partial charge in [0.1, 0.15) is 16.6 Å². The normalized spacial score (nSPS) is 11.1. The van der Waals surface area contributed by atoms with Crippen molar-refractivity contribution in [2.75, 3.05) is 17.3 Å². The Kier molecular flexibility index (Phi) is 6.70. The molecule has 2 heterocycles. The molecule has 0 bridgehead atoms. The fraction of sp³-hybridized carbons (Fsp3) is 0.231. The first-order valence-corrected chi connectivity index (χ1v) is 12.0. The molecule has 0 aliphatic heterocycles. The number of nitrogens with one attached hydrogen (secondary N) is 1. The number of aromatic nitrogens is 2. The molecule has 0 spiro atoms. The summed E-state index contributed by atoms with van der Waals surface area (Å²) in [6, 6.07) is 14.9. The van der Waals surface area contributed by atoms with Crippen LogP contribution in [0, 0.1) is 5.92 Å². The van der Waals surface area contributed by atoms with Crippen LogP contribution in [0.1, 0.15) is 20.8 Å². The van der Waals surface area contributed by atoms with Crippen molar-refractivity contribution in [3.05, 3.63) is 64.3 Å². The predicted molar refractivity (Wildman–Crippen MR) is 140 cm³/mol. The third-order valence-corrected chi connectivity index (χ3v) is 6.41. The number of carboxylic acid groups (broad SMARTS) is 1. The maximum atomic E-state index is 13.7. The molecule has 0 radical (unpaired) electrons. The summed E-state index contributed by atoms with van der Waals surface area (Å²) in [7, 11) is 1.45. The molecule has 2 aromatic carbocycles. The van der Waals surface area contributed by atoms with Crippen molar-refractivity contribution in [3.63, 3.8) is 0 Å². The molecule has 0 aliphatic carbocycles. The molecule has 2 aromatic heterocycles. The van der Waals surface area contributed by atoms with Crippen molar-refractivity contribution in [1.29, 1.82) is 0 Å². The third kappa shape index (κ3) is 4.81.